The van der Waals surface area contributed by atoms with Crippen LogP contribution in [0.2, 0.25) is 0 Å². The van der Waals surface area contributed by atoms with Crippen LogP contribution in [-0.4, -0.2) is 11.2 Å². The first-order valence-electron chi connectivity index (χ1n) is 4.08. The summed E-state index contributed by atoms with van der Waals surface area (Å²) in [6, 6.07) is 2.69. The van der Waals surface area contributed by atoms with Crippen molar-refractivity contribution in [3.05, 3.63) is 21.4 Å². The van der Waals surface area contributed by atoms with Gasteiger partial charge in [-0.05, 0) is 28.7 Å². The smallest absolute Gasteiger partial charge is 0.303 e. The van der Waals surface area contributed by atoms with Gasteiger partial charge in [0.25, 0.3) is 0 Å². The van der Waals surface area contributed by atoms with Crippen molar-refractivity contribution in [2.75, 3.05) is 5.43 Å². The van der Waals surface area contributed by atoms with E-state index < -0.39 is 11.7 Å². The third-order valence-electron chi connectivity index (χ3n) is 2.24. The predicted molar refractivity (Wildman–Crippen MR) is 57.1 cm³/mol. The van der Waals surface area contributed by atoms with E-state index in [9.17, 15) is 13.2 Å². The SMILES string of the molecule is N#CC1(C(F)(F)F)NNc2nccc(I)c21. The van der Waals surface area contributed by atoms with E-state index in [0.29, 0.717) is 3.57 Å². The van der Waals surface area contributed by atoms with Crippen molar-refractivity contribution in [3.8, 4) is 6.07 Å². The van der Waals surface area contributed by atoms with Crippen molar-refractivity contribution in [2.45, 2.75) is 11.7 Å². The topological polar surface area (TPSA) is 60.7 Å². The highest BCUT2D eigenvalue weighted by Crippen LogP contribution is 2.45. The van der Waals surface area contributed by atoms with E-state index in [1.807, 2.05) is 5.43 Å². The molecule has 1 atom stereocenters. The number of hydrazine groups is 1. The lowest BCUT2D eigenvalue weighted by Crippen LogP contribution is -2.51. The molecule has 2 rings (SSSR count). The Bertz CT molecular complexity index is 481. The lowest BCUT2D eigenvalue weighted by atomic mass is 9.93. The van der Waals surface area contributed by atoms with Gasteiger partial charge < -0.3 is 5.43 Å². The Labute approximate surface area is 102 Å². The molecule has 0 aromatic carbocycles. The highest BCUT2D eigenvalue weighted by molar-refractivity contribution is 14.1. The highest BCUT2D eigenvalue weighted by Gasteiger charge is 2.62. The first-order valence-corrected chi connectivity index (χ1v) is 5.16. The van der Waals surface area contributed by atoms with Gasteiger partial charge in [-0.15, -0.1) is 0 Å². The van der Waals surface area contributed by atoms with Crippen LogP contribution in [0.5, 0.6) is 0 Å². The van der Waals surface area contributed by atoms with Gasteiger partial charge >= 0.3 is 6.18 Å². The third kappa shape index (κ3) is 1.35. The fourth-order valence-electron chi connectivity index (χ4n) is 1.47. The fourth-order valence-corrected chi connectivity index (χ4v) is 2.29. The van der Waals surface area contributed by atoms with Crippen LogP contribution in [0, 0.1) is 14.9 Å². The van der Waals surface area contributed by atoms with Gasteiger partial charge in [0, 0.05) is 9.77 Å². The Kier molecular flexibility index (Phi) is 2.47. The molecule has 0 bridgehead atoms. The number of rotatable bonds is 0. The largest absolute Gasteiger partial charge is 0.426 e. The molecule has 1 aromatic rings. The summed E-state index contributed by atoms with van der Waals surface area (Å²) < 4.78 is 39.1. The fraction of sp³-hybridized carbons (Fsp3) is 0.250. The van der Waals surface area contributed by atoms with E-state index in [0.717, 1.165) is 0 Å². The number of nitrogens with zero attached hydrogens (tertiary/aromatic N) is 2. The molecule has 0 radical (unpaired) electrons. The molecule has 1 aromatic heterocycles. The second-order valence-corrected chi connectivity index (χ2v) is 4.29. The van der Waals surface area contributed by atoms with Crippen molar-refractivity contribution >= 4 is 28.4 Å². The van der Waals surface area contributed by atoms with Crippen LogP contribution in [0.25, 0.3) is 0 Å². The van der Waals surface area contributed by atoms with Crippen molar-refractivity contribution in [2.24, 2.45) is 0 Å². The van der Waals surface area contributed by atoms with Crippen LogP contribution in [0.1, 0.15) is 5.56 Å². The maximum Gasteiger partial charge on any atom is 0.426 e. The zero-order chi connectivity index (χ0) is 12.0. The Morgan fingerprint density at radius 3 is 2.75 bits per heavy atom. The number of hydrogen-bond acceptors (Lipinski definition) is 4. The van der Waals surface area contributed by atoms with Gasteiger partial charge in [-0.2, -0.15) is 18.4 Å². The molecular formula is C8H4F3IN4. The minimum atomic E-state index is -4.72. The van der Waals surface area contributed by atoms with Crippen molar-refractivity contribution in [3.63, 3.8) is 0 Å². The second kappa shape index (κ2) is 3.46. The van der Waals surface area contributed by atoms with Crippen LogP contribution in [0.15, 0.2) is 12.3 Å². The maximum atomic E-state index is 12.9. The number of fused-ring (bicyclic) bond motifs is 1. The van der Waals surface area contributed by atoms with E-state index in [1.54, 1.807) is 22.6 Å². The number of anilines is 1. The van der Waals surface area contributed by atoms with Crippen LogP contribution in [-0.2, 0) is 5.54 Å². The van der Waals surface area contributed by atoms with E-state index in [1.165, 1.54) is 18.3 Å². The van der Waals surface area contributed by atoms with E-state index in [-0.39, 0.29) is 11.4 Å². The minimum Gasteiger partial charge on any atom is -0.303 e. The number of halogens is 4. The zero-order valence-corrected chi connectivity index (χ0v) is 9.72. The van der Waals surface area contributed by atoms with Crippen molar-refractivity contribution < 1.29 is 13.2 Å². The van der Waals surface area contributed by atoms with Crippen LogP contribution < -0.4 is 10.9 Å². The molecule has 8 heteroatoms. The Hall–Kier alpha value is -1.08. The second-order valence-electron chi connectivity index (χ2n) is 3.13. The summed E-state index contributed by atoms with van der Waals surface area (Å²) in [5.74, 6) is 0.0331. The average molecular weight is 340 g/mol. The van der Waals surface area contributed by atoms with Gasteiger partial charge in [0.15, 0.2) is 0 Å². The highest BCUT2D eigenvalue weighted by atomic mass is 127. The van der Waals surface area contributed by atoms with Crippen LogP contribution in [0.4, 0.5) is 19.0 Å². The number of aromatic nitrogens is 1. The Morgan fingerprint density at radius 1 is 1.50 bits per heavy atom. The first kappa shape index (κ1) is 11.4. The molecule has 0 fully saturated rings. The number of nitrogens with one attached hydrogen (secondary N) is 2. The number of pyridine rings is 1. The molecule has 0 aliphatic carbocycles. The van der Waals surface area contributed by atoms with Crippen molar-refractivity contribution in [1.29, 1.82) is 5.26 Å². The molecule has 0 saturated carbocycles. The summed E-state index contributed by atoms with van der Waals surface area (Å²) in [5, 5.41) is 8.82. The molecule has 1 aliphatic rings. The molecule has 16 heavy (non-hydrogen) atoms. The predicted octanol–water partition coefficient (Wildman–Crippen LogP) is 1.90. The van der Waals surface area contributed by atoms with Crippen LogP contribution >= 0.6 is 22.6 Å². The molecule has 84 valence electrons. The first-order chi connectivity index (χ1) is 7.42. The van der Waals surface area contributed by atoms with E-state index in [4.69, 9.17) is 5.26 Å². The van der Waals surface area contributed by atoms with E-state index in [2.05, 4.69) is 10.4 Å². The number of alkyl halides is 3. The minimum absolute atomic E-state index is 0.0331. The number of nitriles is 1. The quantitative estimate of drug-likeness (QED) is 0.709. The van der Waals surface area contributed by atoms with Gasteiger partial charge in [0.2, 0.25) is 5.54 Å². The Morgan fingerprint density at radius 2 is 2.19 bits per heavy atom. The standard InChI is InChI=1S/C8H4F3IN4/c9-8(10,11)7(3-13)5-4(12)1-2-14-6(5)15-16-7/h1-2,16H,(H,14,15). The Balaban J connectivity index is 2.71. The summed E-state index contributed by atoms with van der Waals surface area (Å²) in [7, 11) is 0. The summed E-state index contributed by atoms with van der Waals surface area (Å²) >= 11 is 1.74. The summed E-state index contributed by atoms with van der Waals surface area (Å²) in [6.45, 7) is 0. The normalized spacial score (nSPS) is 23.4. The van der Waals surface area contributed by atoms with Gasteiger partial charge in [-0.1, -0.05) is 0 Å². The lowest BCUT2D eigenvalue weighted by molar-refractivity contribution is -0.178. The molecule has 0 saturated heterocycles. The average Bonchev–Trinajstić information content (AvgIpc) is 2.58. The summed E-state index contributed by atoms with van der Waals surface area (Å²) in [4.78, 5) is 3.75. The van der Waals surface area contributed by atoms with Crippen molar-refractivity contribution in [1.82, 2.24) is 10.4 Å². The van der Waals surface area contributed by atoms with Crippen LogP contribution in [0.3, 0.4) is 0 Å². The molecule has 2 N–H and O–H groups in total. The molecule has 1 aliphatic heterocycles. The molecular weight excluding hydrogens is 336 g/mol. The molecule has 0 spiro atoms. The zero-order valence-electron chi connectivity index (χ0n) is 7.56. The monoisotopic (exact) mass is 340 g/mol. The van der Waals surface area contributed by atoms with Gasteiger partial charge in [0.1, 0.15) is 11.9 Å². The molecule has 0 amide bonds. The lowest BCUT2D eigenvalue weighted by Gasteiger charge is -2.24. The molecule has 1 unspecified atom stereocenters. The molecule has 4 nitrogen and oxygen atoms in total. The van der Waals surface area contributed by atoms with E-state index >= 15 is 0 Å². The third-order valence-corrected chi connectivity index (χ3v) is 3.14. The molecule has 2 heterocycles. The number of hydrogen-bond donors (Lipinski definition) is 2. The van der Waals surface area contributed by atoms with Gasteiger partial charge in [-0.3, -0.25) is 0 Å². The maximum absolute atomic E-state index is 12.9. The summed E-state index contributed by atoms with van der Waals surface area (Å²) in [6.07, 6.45) is -3.35. The van der Waals surface area contributed by atoms with Gasteiger partial charge in [-0.25, -0.2) is 10.4 Å². The summed E-state index contributed by atoms with van der Waals surface area (Å²) in [5.41, 5.74) is 1.34. The van der Waals surface area contributed by atoms with Gasteiger partial charge in [0.05, 0.1) is 5.56 Å².